The van der Waals surface area contributed by atoms with Crippen LogP contribution in [-0.2, 0) is 0 Å². The molecule has 0 bridgehead atoms. The molecule has 0 amide bonds. The van der Waals surface area contributed by atoms with E-state index in [-0.39, 0.29) is 0 Å². The second kappa shape index (κ2) is 35.7. The van der Waals surface area contributed by atoms with Crippen molar-refractivity contribution in [2.45, 2.75) is 0 Å². The summed E-state index contributed by atoms with van der Waals surface area (Å²) in [6.07, 6.45) is 0. The standard InChI is InChI=1S/C45H27N3S.C43H27N3S.C41H25N3O/c1-2-10-31(11-3-1)45-48-43-41(49-45)23-21-30-16-17-34-26-37(20-22-38(34)42(30)43)44-46-39(35-18-14-28-8-4-6-12-32(28)24-35)27-40(47-44)36-19-15-29-9-5-7-13-33(29)25-36;1-4-11-28(12-5-1)32-17-10-18-34(25-32)38-27-37(29-13-6-2-7-14-29)44-42(45-38)35-21-23-36-33(26-35)20-19-30-22-24-39-41(40(30)36)46-43(47-39)31-15-8-3-9-16-31;1-3-10-27(11-4-1)36-25-37(32-18-15-26-9-7-8-14-30(26)23-32)43-40(42-36)33-19-21-34-31(24-33)17-16-28-20-22-35-39(38(28)34)45-41(44-35)29-12-5-2-6-13-29/h1-27H;1-27H;1-25H. The number of nitrogens with zero attached hydrogens (tertiary/aromatic N) is 9. The Bertz CT molecular complexity index is 9660. The summed E-state index contributed by atoms with van der Waals surface area (Å²) in [6, 6.07) is 168. The Morgan fingerprint density at radius 3 is 0.851 bits per heavy atom. The third kappa shape index (κ3) is 16.1. The molecule has 10 nitrogen and oxygen atoms in total. The second-order valence-corrected chi connectivity index (χ2v) is 37.5. The van der Waals surface area contributed by atoms with Crippen molar-refractivity contribution in [3.8, 4) is 145 Å². The van der Waals surface area contributed by atoms with Crippen molar-refractivity contribution in [1.82, 2.24) is 44.9 Å². The summed E-state index contributed by atoms with van der Waals surface area (Å²) in [5.41, 5.74) is 24.0. The second-order valence-electron chi connectivity index (χ2n) is 35.4. The van der Waals surface area contributed by atoms with E-state index in [0.29, 0.717) is 23.4 Å². The maximum absolute atomic E-state index is 6.41. The van der Waals surface area contributed by atoms with Crippen LogP contribution in [0.4, 0.5) is 0 Å². The third-order valence-electron chi connectivity index (χ3n) is 26.6. The summed E-state index contributed by atoms with van der Waals surface area (Å²) in [6.45, 7) is 0. The highest BCUT2D eigenvalue weighted by atomic mass is 32.1. The van der Waals surface area contributed by atoms with Gasteiger partial charge in [0.15, 0.2) is 23.1 Å². The Hall–Kier alpha value is -18.3. The highest BCUT2D eigenvalue weighted by molar-refractivity contribution is 7.22. The maximum atomic E-state index is 6.41. The number of benzene rings is 22. The van der Waals surface area contributed by atoms with E-state index in [1.807, 2.05) is 78.9 Å². The predicted octanol–water partition coefficient (Wildman–Crippen LogP) is 34.8. The van der Waals surface area contributed by atoms with Crippen LogP contribution in [-0.4, -0.2) is 44.9 Å². The van der Waals surface area contributed by atoms with Gasteiger partial charge >= 0.3 is 0 Å². The van der Waals surface area contributed by atoms with Crippen molar-refractivity contribution in [1.29, 1.82) is 0 Å². The Morgan fingerprint density at radius 1 is 0.163 bits per heavy atom. The highest BCUT2D eigenvalue weighted by Crippen LogP contribution is 2.45. The van der Waals surface area contributed by atoms with Crippen LogP contribution in [0.15, 0.2) is 484 Å². The number of aromatic nitrogens is 9. The zero-order valence-corrected chi connectivity index (χ0v) is 77.5. The molecular formula is C129H79N9OS2. The van der Waals surface area contributed by atoms with Crippen LogP contribution in [0, 0.1) is 0 Å². The molecule has 0 aliphatic carbocycles. The van der Waals surface area contributed by atoms with Crippen LogP contribution in [0.5, 0.6) is 0 Å². The van der Waals surface area contributed by atoms with Gasteiger partial charge in [-0.1, -0.05) is 388 Å². The number of rotatable bonds is 13. The van der Waals surface area contributed by atoms with E-state index in [1.165, 1.54) is 79.6 Å². The van der Waals surface area contributed by atoms with Crippen LogP contribution in [0.2, 0.25) is 0 Å². The first-order valence-electron chi connectivity index (χ1n) is 47.1. The molecule has 28 aromatic rings. The number of hydrogen-bond donors (Lipinski definition) is 0. The molecule has 0 aliphatic rings. The molecule has 0 unspecified atom stereocenters. The number of hydrogen-bond acceptors (Lipinski definition) is 12. The van der Waals surface area contributed by atoms with Crippen LogP contribution >= 0.6 is 22.7 Å². The summed E-state index contributed by atoms with van der Waals surface area (Å²) in [5.74, 6) is 2.71. The molecule has 0 aliphatic heterocycles. The smallest absolute Gasteiger partial charge is 0.227 e. The highest BCUT2D eigenvalue weighted by Gasteiger charge is 2.23. The van der Waals surface area contributed by atoms with Crippen molar-refractivity contribution < 1.29 is 4.42 Å². The number of oxazole rings is 1. The molecule has 0 spiro atoms. The van der Waals surface area contributed by atoms with E-state index >= 15 is 0 Å². The van der Waals surface area contributed by atoms with E-state index in [2.05, 4.69) is 400 Å². The van der Waals surface area contributed by atoms with Gasteiger partial charge in [-0.05, 0) is 183 Å². The lowest BCUT2D eigenvalue weighted by atomic mass is 9.98. The topological polar surface area (TPSA) is 129 Å². The summed E-state index contributed by atoms with van der Waals surface area (Å²) in [4.78, 5) is 46.0. The molecule has 0 fully saturated rings. The zero-order chi connectivity index (χ0) is 93.2. The quantitative estimate of drug-likeness (QED) is 0.103. The molecule has 28 rings (SSSR count). The lowest BCUT2D eigenvalue weighted by Crippen LogP contribution is -1.96. The molecule has 6 aromatic heterocycles. The van der Waals surface area contributed by atoms with E-state index in [1.54, 1.807) is 22.7 Å². The minimum atomic E-state index is 0.624. The molecule has 12 heteroatoms. The fourth-order valence-corrected chi connectivity index (χ4v) is 21.5. The summed E-state index contributed by atoms with van der Waals surface area (Å²) in [5, 5.41) is 23.0. The fourth-order valence-electron chi connectivity index (χ4n) is 19.5. The van der Waals surface area contributed by atoms with Gasteiger partial charge < -0.3 is 4.42 Å². The Morgan fingerprint density at radius 2 is 0.447 bits per heavy atom. The average molecular weight is 1840 g/mol. The largest absolute Gasteiger partial charge is 0.435 e. The van der Waals surface area contributed by atoms with E-state index in [4.69, 9.17) is 49.3 Å². The van der Waals surface area contributed by atoms with Gasteiger partial charge in [-0.15, -0.1) is 22.7 Å². The molecule has 0 N–H and O–H groups in total. The molecule has 22 aromatic carbocycles. The van der Waals surface area contributed by atoms with Crippen molar-refractivity contribution >= 4 is 151 Å². The van der Waals surface area contributed by atoms with E-state index < -0.39 is 0 Å². The van der Waals surface area contributed by atoms with Crippen LogP contribution in [0.3, 0.4) is 0 Å². The minimum absolute atomic E-state index is 0.624. The van der Waals surface area contributed by atoms with Gasteiger partial charge in [0.05, 0.1) is 54.6 Å². The Balaban J connectivity index is 0.000000109. The third-order valence-corrected chi connectivity index (χ3v) is 28.8. The molecule has 0 saturated carbocycles. The van der Waals surface area contributed by atoms with Crippen LogP contribution < -0.4 is 0 Å². The fraction of sp³-hybridized carbons (Fsp3) is 0. The van der Waals surface area contributed by atoms with Gasteiger partial charge in [0.25, 0.3) is 0 Å². The lowest BCUT2D eigenvalue weighted by Gasteiger charge is -2.12. The van der Waals surface area contributed by atoms with Gasteiger partial charge in [-0.2, -0.15) is 0 Å². The molecule has 0 atom stereocenters. The normalized spacial score (nSPS) is 11.5. The van der Waals surface area contributed by atoms with E-state index in [0.717, 1.165) is 171 Å². The molecule has 658 valence electrons. The summed E-state index contributed by atoms with van der Waals surface area (Å²) >= 11 is 3.48. The Kier molecular flexibility index (Phi) is 21.1. The van der Waals surface area contributed by atoms with Gasteiger partial charge in [0, 0.05) is 82.9 Å². The average Bonchev–Trinajstić information content (AvgIpc) is 1.69. The minimum Gasteiger partial charge on any atom is -0.435 e. The first-order valence-corrected chi connectivity index (χ1v) is 48.8. The van der Waals surface area contributed by atoms with Crippen molar-refractivity contribution in [2.24, 2.45) is 0 Å². The summed E-state index contributed by atoms with van der Waals surface area (Å²) < 4.78 is 8.79. The van der Waals surface area contributed by atoms with Crippen molar-refractivity contribution in [2.75, 3.05) is 0 Å². The summed E-state index contributed by atoms with van der Waals surface area (Å²) in [7, 11) is 0. The van der Waals surface area contributed by atoms with Gasteiger partial charge in [0.2, 0.25) is 5.89 Å². The lowest BCUT2D eigenvalue weighted by molar-refractivity contribution is 0.623. The Labute approximate surface area is 819 Å². The number of fused-ring (bicyclic) bond motifs is 18. The maximum Gasteiger partial charge on any atom is 0.227 e. The van der Waals surface area contributed by atoms with Crippen molar-refractivity contribution in [3.05, 3.63) is 479 Å². The van der Waals surface area contributed by atoms with Crippen LogP contribution in [0.1, 0.15) is 0 Å². The van der Waals surface area contributed by atoms with E-state index in [9.17, 15) is 0 Å². The molecule has 0 saturated heterocycles. The molecular weight excluding hydrogens is 1760 g/mol. The van der Waals surface area contributed by atoms with Crippen LogP contribution in [0.25, 0.3) is 274 Å². The molecule has 6 heterocycles. The van der Waals surface area contributed by atoms with Crippen molar-refractivity contribution in [3.63, 3.8) is 0 Å². The molecule has 141 heavy (non-hydrogen) atoms. The predicted molar refractivity (Wildman–Crippen MR) is 588 cm³/mol. The first kappa shape index (κ1) is 83.3. The zero-order valence-electron chi connectivity index (χ0n) is 75.9. The monoisotopic (exact) mass is 1830 g/mol. The SMILES string of the molecule is c1ccc(-c2cc(-c3ccc4ccccc4c3)nc(-c3ccc4c(ccc5ccc6nc(-c7ccccc7)oc6c54)c3)n2)cc1.c1ccc(-c2cccc(-c3cc(-c4ccccc4)nc(-c4ccc5c(ccc6ccc7sc(-c8ccccc8)nc7c65)c4)n3)c2)cc1.c1ccc(-c2nc3c(ccc4ccc5cc(-c6nc(-c7ccc8ccccc8c7)cc(-c7ccc8ccccc8c7)n6)ccc5c43)s2)cc1. The van der Waals surface area contributed by atoms with Gasteiger partial charge in [-0.3, -0.25) is 0 Å². The number of thiazole rings is 2. The molecule has 0 radical (unpaired) electrons. The van der Waals surface area contributed by atoms with Gasteiger partial charge in [-0.25, -0.2) is 44.9 Å². The van der Waals surface area contributed by atoms with Gasteiger partial charge in [0.1, 0.15) is 15.5 Å². The first-order chi connectivity index (χ1) is 69.8.